The lowest BCUT2D eigenvalue weighted by molar-refractivity contribution is -0.253. The Bertz CT molecular complexity index is 671. The summed E-state index contributed by atoms with van der Waals surface area (Å²) in [5.74, 6) is 0.848. The molecular formula is C21H30O5. The summed E-state index contributed by atoms with van der Waals surface area (Å²) in [4.78, 5) is 36.5. The topological polar surface area (TPSA) is 80.7 Å². The zero-order valence-corrected chi connectivity index (χ0v) is 16.0. The molecule has 0 spiro atoms. The Labute approximate surface area is 154 Å². The van der Waals surface area contributed by atoms with Crippen LogP contribution in [0.4, 0.5) is 0 Å². The minimum atomic E-state index is -1.29. The van der Waals surface area contributed by atoms with Crippen LogP contribution in [0.15, 0.2) is 0 Å². The number of rotatable bonds is 1. The van der Waals surface area contributed by atoms with E-state index in [0.29, 0.717) is 37.4 Å². The van der Waals surface area contributed by atoms with Crippen molar-refractivity contribution in [3.63, 3.8) is 0 Å². The summed E-state index contributed by atoms with van der Waals surface area (Å²) in [7, 11) is 0. The number of Topliss-reactive ketones (excluding diaryl/α,β-unsaturated/α-hetero) is 2. The van der Waals surface area contributed by atoms with Crippen LogP contribution >= 0.6 is 0 Å². The van der Waals surface area contributed by atoms with Crippen molar-refractivity contribution in [2.45, 2.75) is 83.8 Å². The zero-order valence-electron chi connectivity index (χ0n) is 16.0. The molecule has 1 N–H and O–H groups in total. The van der Waals surface area contributed by atoms with Gasteiger partial charge in [0.1, 0.15) is 23.3 Å². The van der Waals surface area contributed by atoms with Crippen molar-refractivity contribution < 1.29 is 24.2 Å². The quantitative estimate of drug-likeness (QED) is 0.726. The number of hydrogen-bond acceptors (Lipinski definition) is 5. The average molecular weight is 362 g/mol. The van der Waals surface area contributed by atoms with Crippen LogP contribution in [-0.2, 0) is 19.1 Å². The van der Waals surface area contributed by atoms with Gasteiger partial charge in [-0.3, -0.25) is 14.4 Å². The van der Waals surface area contributed by atoms with Gasteiger partial charge in [0.05, 0.1) is 0 Å². The van der Waals surface area contributed by atoms with E-state index in [0.717, 1.165) is 19.3 Å². The fourth-order valence-electron chi connectivity index (χ4n) is 7.16. The maximum Gasteiger partial charge on any atom is 0.303 e. The van der Waals surface area contributed by atoms with E-state index >= 15 is 0 Å². The standard InChI is InChI=1S/C21H30O5/c1-12(22)26-18-10-14-15-4-5-17(24)19(15,2)8-7-16(14)20(3)9-6-13(23)11-21(18,20)25/h14-16,18,25H,4-11H2,1-3H3/t14-,15+,16-,18-,19-,20-,21+/m1/s1. The van der Waals surface area contributed by atoms with Gasteiger partial charge in [0, 0.05) is 37.0 Å². The van der Waals surface area contributed by atoms with Crippen molar-refractivity contribution in [1.82, 2.24) is 0 Å². The van der Waals surface area contributed by atoms with E-state index in [1.165, 1.54) is 6.92 Å². The molecule has 0 bridgehead atoms. The van der Waals surface area contributed by atoms with Crippen LogP contribution < -0.4 is 0 Å². The Morgan fingerprint density at radius 2 is 1.85 bits per heavy atom. The van der Waals surface area contributed by atoms with Crippen LogP contribution in [0.2, 0.25) is 0 Å². The first kappa shape index (κ1) is 18.1. The smallest absolute Gasteiger partial charge is 0.303 e. The average Bonchev–Trinajstić information content (AvgIpc) is 2.85. The monoisotopic (exact) mass is 362 g/mol. The fraction of sp³-hybridized carbons (Fsp3) is 0.857. The Kier molecular flexibility index (Phi) is 3.93. The number of carbonyl (C=O) groups excluding carboxylic acids is 3. The molecule has 0 aromatic rings. The molecule has 4 aliphatic carbocycles. The molecule has 0 radical (unpaired) electrons. The number of esters is 1. The van der Waals surface area contributed by atoms with Crippen LogP contribution in [0.25, 0.3) is 0 Å². The summed E-state index contributed by atoms with van der Waals surface area (Å²) < 4.78 is 5.61. The van der Waals surface area contributed by atoms with Crippen LogP contribution in [0.3, 0.4) is 0 Å². The van der Waals surface area contributed by atoms with Gasteiger partial charge >= 0.3 is 5.97 Å². The minimum absolute atomic E-state index is 0.0530. The van der Waals surface area contributed by atoms with Crippen molar-refractivity contribution >= 4 is 17.5 Å². The third-order valence-electron chi connectivity index (χ3n) is 8.67. The lowest BCUT2D eigenvalue weighted by atomic mass is 9.43. The van der Waals surface area contributed by atoms with Gasteiger partial charge in [-0.25, -0.2) is 0 Å². The normalized spacial score (nSPS) is 50.6. The molecule has 4 rings (SSSR count). The second-order valence-corrected chi connectivity index (χ2v) is 9.69. The van der Waals surface area contributed by atoms with Crippen molar-refractivity contribution in [2.24, 2.45) is 28.6 Å². The zero-order chi connectivity index (χ0) is 18.9. The third-order valence-corrected chi connectivity index (χ3v) is 8.67. The maximum absolute atomic E-state index is 12.6. The summed E-state index contributed by atoms with van der Waals surface area (Å²) in [6.45, 7) is 5.56. The number of carbonyl (C=O) groups is 3. The highest BCUT2D eigenvalue weighted by Gasteiger charge is 2.68. The molecular weight excluding hydrogens is 332 g/mol. The Morgan fingerprint density at radius 3 is 2.54 bits per heavy atom. The predicted molar refractivity (Wildman–Crippen MR) is 94.1 cm³/mol. The molecule has 4 saturated carbocycles. The lowest BCUT2D eigenvalue weighted by Crippen LogP contribution is -2.68. The van der Waals surface area contributed by atoms with Gasteiger partial charge in [-0.1, -0.05) is 13.8 Å². The number of fused-ring (bicyclic) bond motifs is 5. The van der Waals surface area contributed by atoms with E-state index < -0.39 is 23.1 Å². The van der Waals surface area contributed by atoms with Gasteiger partial charge < -0.3 is 9.84 Å². The predicted octanol–water partition coefficient (Wildman–Crippen LogP) is 2.82. The summed E-state index contributed by atoms with van der Waals surface area (Å²) in [6, 6.07) is 0. The van der Waals surface area contributed by atoms with Crippen LogP contribution in [0.5, 0.6) is 0 Å². The highest BCUT2D eigenvalue weighted by molar-refractivity contribution is 5.87. The van der Waals surface area contributed by atoms with Gasteiger partial charge in [-0.2, -0.15) is 0 Å². The number of ketones is 2. The van der Waals surface area contributed by atoms with E-state index in [2.05, 4.69) is 13.8 Å². The van der Waals surface area contributed by atoms with Crippen molar-refractivity contribution in [3.05, 3.63) is 0 Å². The molecule has 0 heterocycles. The summed E-state index contributed by atoms with van der Waals surface area (Å²) >= 11 is 0. The summed E-state index contributed by atoms with van der Waals surface area (Å²) in [5.41, 5.74) is -2.00. The molecule has 0 amide bonds. The van der Waals surface area contributed by atoms with Gasteiger partial charge in [-0.05, 0) is 49.9 Å². The molecule has 4 fully saturated rings. The van der Waals surface area contributed by atoms with Crippen LogP contribution in [0.1, 0.15) is 72.1 Å². The first-order valence-electron chi connectivity index (χ1n) is 10.1. The van der Waals surface area contributed by atoms with Crippen molar-refractivity contribution in [2.75, 3.05) is 0 Å². The number of hydrogen-bond donors (Lipinski definition) is 1. The fourth-order valence-corrected chi connectivity index (χ4v) is 7.16. The maximum atomic E-state index is 12.6. The van der Waals surface area contributed by atoms with E-state index in [4.69, 9.17) is 4.74 Å². The molecule has 0 aromatic heterocycles. The van der Waals surface area contributed by atoms with E-state index in [1.807, 2.05) is 0 Å². The van der Waals surface area contributed by atoms with E-state index in [-0.39, 0.29) is 29.5 Å². The van der Waals surface area contributed by atoms with Gasteiger partial charge in [0.2, 0.25) is 0 Å². The SMILES string of the molecule is CC(=O)O[C@@H]1C[C@H]2[C@@H](CC[C@@]3(C)C(=O)CC[C@@H]23)[C@@]2(C)CCC(=O)C[C@]12O. The minimum Gasteiger partial charge on any atom is -0.459 e. The summed E-state index contributed by atoms with van der Waals surface area (Å²) in [6.07, 6.45) is 4.42. The van der Waals surface area contributed by atoms with Crippen molar-refractivity contribution in [3.8, 4) is 0 Å². The first-order chi connectivity index (χ1) is 12.1. The molecule has 5 nitrogen and oxygen atoms in total. The number of aliphatic hydroxyl groups is 1. The summed E-state index contributed by atoms with van der Waals surface area (Å²) in [5, 5.41) is 11.7. The largest absolute Gasteiger partial charge is 0.459 e. The molecule has 0 aliphatic heterocycles. The lowest BCUT2D eigenvalue weighted by Gasteiger charge is -2.64. The second-order valence-electron chi connectivity index (χ2n) is 9.69. The first-order valence-corrected chi connectivity index (χ1v) is 10.1. The molecule has 7 atom stereocenters. The Balaban J connectivity index is 1.76. The third kappa shape index (κ3) is 2.22. The van der Waals surface area contributed by atoms with E-state index in [9.17, 15) is 19.5 Å². The molecule has 144 valence electrons. The van der Waals surface area contributed by atoms with Gasteiger partial charge in [-0.15, -0.1) is 0 Å². The molecule has 5 heteroatoms. The van der Waals surface area contributed by atoms with Crippen LogP contribution in [-0.4, -0.2) is 34.3 Å². The van der Waals surface area contributed by atoms with E-state index in [1.54, 1.807) is 0 Å². The Hall–Kier alpha value is -1.23. The molecule has 0 unspecified atom stereocenters. The number of ether oxygens (including phenoxy) is 1. The van der Waals surface area contributed by atoms with Crippen molar-refractivity contribution in [1.29, 1.82) is 0 Å². The second kappa shape index (κ2) is 5.63. The van der Waals surface area contributed by atoms with Gasteiger partial charge in [0.15, 0.2) is 0 Å². The Morgan fingerprint density at radius 1 is 1.12 bits per heavy atom. The molecule has 0 aromatic carbocycles. The molecule has 0 saturated heterocycles. The molecule has 4 aliphatic rings. The van der Waals surface area contributed by atoms with Crippen LogP contribution in [0, 0.1) is 28.6 Å². The highest BCUT2D eigenvalue weighted by Crippen LogP contribution is 2.66. The molecule has 26 heavy (non-hydrogen) atoms. The van der Waals surface area contributed by atoms with Gasteiger partial charge in [0.25, 0.3) is 0 Å². The highest BCUT2D eigenvalue weighted by atomic mass is 16.6.